The highest BCUT2D eigenvalue weighted by atomic mass is 35.5. The Morgan fingerprint density at radius 3 is 2.95 bits per heavy atom. The summed E-state index contributed by atoms with van der Waals surface area (Å²) in [6, 6.07) is 1.17. The third-order valence-electron chi connectivity index (χ3n) is 2.29. The number of carbonyl (C=O) groups is 1. The second kappa shape index (κ2) is 7.01. The first kappa shape index (κ1) is 15.3. The van der Waals surface area contributed by atoms with Gasteiger partial charge in [0, 0.05) is 13.2 Å². The maximum atomic E-state index is 11.9. The third-order valence-corrected chi connectivity index (χ3v) is 2.50. The van der Waals surface area contributed by atoms with E-state index < -0.39 is 10.8 Å². The van der Waals surface area contributed by atoms with E-state index in [1.54, 1.807) is 6.92 Å². The first-order chi connectivity index (χ1) is 8.95. The molecule has 0 aliphatic carbocycles. The lowest BCUT2D eigenvalue weighted by atomic mass is 10.2. The topological polar surface area (TPSA) is 94.4 Å². The molecule has 0 aliphatic rings. The number of nitro groups is 1. The largest absolute Gasteiger partial charge is 0.377 e. The fraction of sp³-hybridized carbons (Fsp3) is 0.455. The van der Waals surface area contributed by atoms with Crippen molar-refractivity contribution in [3.8, 4) is 0 Å². The van der Waals surface area contributed by atoms with Gasteiger partial charge in [0.15, 0.2) is 0 Å². The van der Waals surface area contributed by atoms with Crippen molar-refractivity contribution in [2.24, 2.45) is 0 Å². The van der Waals surface area contributed by atoms with Gasteiger partial charge in [-0.3, -0.25) is 14.9 Å². The first-order valence-corrected chi connectivity index (χ1v) is 6.03. The number of aromatic nitrogens is 1. The quantitative estimate of drug-likeness (QED) is 0.489. The number of halogens is 1. The van der Waals surface area contributed by atoms with Gasteiger partial charge in [0.2, 0.25) is 0 Å². The molecule has 8 heteroatoms. The van der Waals surface area contributed by atoms with Crippen LogP contribution in [0.15, 0.2) is 12.3 Å². The summed E-state index contributed by atoms with van der Waals surface area (Å²) in [6.45, 7) is 4.41. The molecule has 0 aromatic carbocycles. The van der Waals surface area contributed by atoms with Gasteiger partial charge in [-0.05, 0) is 19.9 Å². The summed E-state index contributed by atoms with van der Waals surface area (Å²) in [7, 11) is 0. The number of hydrogen-bond donors (Lipinski definition) is 1. The molecular weight excluding hydrogens is 274 g/mol. The lowest BCUT2D eigenvalue weighted by Gasteiger charge is -2.12. The summed E-state index contributed by atoms with van der Waals surface area (Å²) in [5.41, 5.74) is -0.500. The van der Waals surface area contributed by atoms with E-state index in [1.807, 2.05) is 6.92 Å². The molecule has 0 spiro atoms. The van der Waals surface area contributed by atoms with Crippen LogP contribution in [0.4, 0.5) is 5.69 Å². The van der Waals surface area contributed by atoms with Crippen LogP contribution in [0.5, 0.6) is 0 Å². The number of rotatable bonds is 6. The second-order valence-electron chi connectivity index (χ2n) is 3.76. The van der Waals surface area contributed by atoms with Crippen LogP contribution in [-0.2, 0) is 4.74 Å². The monoisotopic (exact) mass is 287 g/mol. The van der Waals surface area contributed by atoms with Crippen LogP contribution in [0, 0.1) is 10.1 Å². The zero-order valence-corrected chi connectivity index (χ0v) is 11.3. The highest BCUT2D eigenvalue weighted by Gasteiger charge is 2.21. The number of hydrogen-bond acceptors (Lipinski definition) is 5. The minimum Gasteiger partial charge on any atom is -0.377 e. The highest BCUT2D eigenvalue weighted by Crippen LogP contribution is 2.20. The third kappa shape index (κ3) is 4.46. The summed E-state index contributed by atoms with van der Waals surface area (Å²) in [6.07, 6.45) is 0.786. The molecule has 104 valence electrons. The molecule has 0 radical (unpaired) electrons. The Morgan fingerprint density at radius 1 is 1.68 bits per heavy atom. The summed E-state index contributed by atoms with van der Waals surface area (Å²) in [4.78, 5) is 25.6. The van der Waals surface area contributed by atoms with Crippen molar-refractivity contribution >= 4 is 23.2 Å². The van der Waals surface area contributed by atoms with E-state index in [1.165, 1.54) is 6.07 Å². The Labute approximate surface area is 115 Å². The molecule has 1 aromatic heterocycles. The van der Waals surface area contributed by atoms with Crippen molar-refractivity contribution in [1.29, 1.82) is 0 Å². The Balaban J connectivity index is 2.81. The average molecular weight is 288 g/mol. The number of amides is 1. The van der Waals surface area contributed by atoms with Crippen molar-refractivity contribution in [3.63, 3.8) is 0 Å². The maximum absolute atomic E-state index is 11.9. The summed E-state index contributed by atoms with van der Waals surface area (Å²) in [5.74, 6) is -0.581. The van der Waals surface area contributed by atoms with Gasteiger partial charge in [-0.2, -0.15) is 0 Å². The fourth-order valence-electron chi connectivity index (χ4n) is 1.43. The molecule has 7 nitrogen and oxygen atoms in total. The summed E-state index contributed by atoms with van der Waals surface area (Å²) >= 11 is 5.64. The fourth-order valence-corrected chi connectivity index (χ4v) is 1.58. The molecule has 0 aliphatic heterocycles. The molecular formula is C11H14ClN3O4. The lowest BCUT2D eigenvalue weighted by molar-refractivity contribution is -0.385. The molecule has 1 amide bonds. The molecule has 0 saturated heterocycles. The van der Waals surface area contributed by atoms with Gasteiger partial charge in [-0.25, -0.2) is 4.98 Å². The van der Waals surface area contributed by atoms with Crippen LogP contribution >= 0.6 is 11.6 Å². The number of pyridine rings is 1. The number of nitrogens with one attached hydrogen (secondary N) is 1. The van der Waals surface area contributed by atoms with Crippen LogP contribution in [0.1, 0.15) is 24.2 Å². The zero-order valence-electron chi connectivity index (χ0n) is 10.6. The molecule has 0 fully saturated rings. The summed E-state index contributed by atoms with van der Waals surface area (Å²) < 4.78 is 5.24. The van der Waals surface area contributed by atoms with E-state index >= 15 is 0 Å². The van der Waals surface area contributed by atoms with Crippen LogP contribution in [0.3, 0.4) is 0 Å². The average Bonchev–Trinajstić information content (AvgIpc) is 2.35. The van der Waals surface area contributed by atoms with Gasteiger partial charge in [0.05, 0.1) is 11.0 Å². The smallest absolute Gasteiger partial charge is 0.300 e. The minimum absolute atomic E-state index is 0.0219. The van der Waals surface area contributed by atoms with E-state index in [2.05, 4.69) is 10.3 Å². The van der Waals surface area contributed by atoms with E-state index in [0.29, 0.717) is 6.61 Å². The van der Waals surface area contributed by atoms with Crippen molar-refractivity contribution < 1.29 is 14.5 Å². The highest BCUT2D eigenvalue weighted by molar-refractivity contribution is 6.29. The Hall–Kier alpha value is -1.73. The standard InChI is InChI=1S/C11H14ClN3O4/c1-3-19-7(2)5-14-11(16)8-4-10(12)13-6-9(8)15(17)18/h4,6-7H,3,5H2,1-2H3,(H,14,16). The SMILES string of the molecule is CCOC(C)CNC(=O)c1cc(Cl)ncc1[N+](=O)[O-]. The Kier molecular flexibility index (Phi) is 5.65. The van der Waals surface area contributed by atoms with E-state index in [9.17, 15) is 14.9 Å². The molecule has 19 heavy (non-hydrogen) atoms. The molecule has 1 unspecified atom stereocenters. The number of ether oxygens (including phenoxy) is 1. The Bertz CT molecular complexity index is 481. The van der Waals surface area contributed by atoms with Crippen molar-refractivity contribution in [1.82, 2.24) is 10.3 Å². The van der Waals surface area contributed by atoms with E-state index in [-0.39, 0.29) is 29.1 Å². The molecule has 0 saturated carbocycles. The van der Waals surface area contributed by atoms with Gasteiger partial charge >= 0.3 is 0 Å². The second-order valence-corrected chi connectivity index (χ2v) is 4.14. The van der Waals surface area contributed by atoms with Crippen LogP contribution in [-0.4, -0.2) is 35.1 Å². The zero-order chi connectivity index (χ0) is 14.4. The molecule has 0 bridgehead atoms. The molecule has 1 heterocycles. The number of nitrogens with zero attached hydrogens (tertiary/aromatic N) is 2. The molecule has 1 N–H and O–H groups in total. The normalized spacial score (nSPS) is 11.9. The van der Waals surface area contributed by atoms with Crippen LogP contribution in [0.25, 0.3) is 0 Å². The van der Waals surface area contributed by atoms with Crippen molar-refractivity contribution in [3.05, 3.63) is 33.1 Å². The van der Waals surface area contributed by atoms with Crippen LogP contribution < -0.4 is 5.32 Å². The maximum Gasteiger partial charge on any atom is 0.300 e. The first-order valence-electron chi connectivity index (χ1n) is 5.65. The van der Waals surface area contributed by atoms with Gasteiger partial charge in [0.25, 0.3) is 11.6 Å². The summed E-state index contributed by atoms with van der Waals surface area (Å²) in [5, 5.41) is 13.4. The minimum atomic E-state index is -0.676. The predicted molar refractivity (Wildman–Crippen MR) is 69.3 cm³/mol. The van der Waals surface area contributed by atoms with E-state index in [0.717, 1.165) is 6.20 Å². The molecule has 1 aromatic rings. The van der Waals surface area contributed by atoms with Crippen molar-refractivity contribution in [2.75, 3.05) is 13.2 Å². The molecule has 1 rings (SSSR count). The van der Waals surface area contributed by atoms with Gasteiger partial charge in [-0.15, -0.1) is 0 Å². The predicted octanol–water partition coefficient (Wildman–Crippen LogP) is 1.80. The van der Waals surface area contributed by atoms with Crippen molar-refractivity contribution in [2.45, 2.75) is 20.0 Å². The van der Waals surface area contributed by atoms with E-state index in [4.69, 9.17) is 16.3 Å². The molecule has 1 atom stereocenters. The lowest BCUT2D eigenvalue weighted by Crippen LogP contribution is -2.32. The number of carbonyl (C=O) groups excluding carboxylic acids is 1. The van der Waals surface area contributed by atoms with Crippen LogP contribution in [0.2, 0.25) is 5.15 Å². The van der Waals surface area contributed by atoms with Gasteiger partial charge in [-0.1, -0.05) is 11.6 Å². The Morgan fingerprint density at radius 2 is 2.37 bits per heavy atom. The van der Waals surface area contributed by atoms with Gasteiger partial charge in [0.1, 0.15) is 16.9 Å². The van der Waals surface area contributed by atoms with Gasteiger partial charge < -0.3 is 10.1 Å².